The largest absolute Gasteiger partial charge is 0.457 e. The number of halogens is 1. The van der Waals surface area contributed by atoms with E-state index in [1.807, 2.05) is 18.2 Å². The Bertz CT molecular complexity index is 500. The number of furan rings is 1. The molecule has 0 aliphatic heterocycles. The molecule has 1 atom stereocenters. The van der Waals surface area contributed by atoms with E-state index in [4.69, 9.17) is 16.0 Å². The molecule has 1 aromatic carbocycles. The summed E-state index contributed by atoms with van der Waals surface area (Å²) in [5, 5.41) is 11.8. The van der Waals surface area contributed by atoms with E-state index in [2.05, 4.69) is 13.8 Å². The zero-order valence-electron chi connectivity index (χ0n) is 10.1. The highest BCUT2D eigenvalue weighted by Crippen LogP contribution is 2.33. The highest BCUT2D eigenvalue weighted by molar-refractivity contribution is 6.34. The first-order valence-corrected chi connectivity index (χ1v) is 6.41. The Balaban J connectivity index is 2.39. The molecule has 0 fully saturated rings. The van der Waals surface area contributed by atoms with Crippen LogP contribution in [-0.4, -0.2) is 5.11 Å². The number of para-hydroxylation sites is 1. The van der Waals surface area contributed by atoms with Gasteiger partial charge in [-0.2, -0.15) is 0 Å². The van der Waals surface area contributed by atoms with Crippen LogP contribution in [0.15, 0.2) is 28.7 Å². The lowest BCUT2D eigenvalue weighted by Crippen LogP contribution is -2.09. The van der Waals surface area contributed by atoms with Crippen molar-refractivity contribution in [2.75, 3.05) is 0 Å². The van der Waals surface area contributed by atoms with E-state index in [9.17, 15) is 5.11 Å². The van der Waals surface area contributed by atoms with Gasteiger partial charge < -0.3 is 9.52 Å². The molecule has 0 aliphatic carbocycles. The molecule has 1 N–H and O–H groups in total. The van der Waals surface area contributed by atoms with Gasteiger partial charge in [-0.25, -0.2) is 0 Å². The van der Waals surface area contributed by atoms with Crippen molar-refractivity contribution in [1.29, 1.82) is 0 Å². The van der Waals surface area contributed by atoms with Crippen LogP contribution < -0.4 is 0 Å². The summed E-state index contributed by atoms with van der Waals surface area (Å²) in [5.41, 5.74) is 0.661. The van der Waals surface area contributed by atoms with Crippen molar-refractivity contribution < 1.29 is 9.52 Å². The zero-order chi connectivity index (χ0) is 12.4. The number of benzene rings is 1. The molecule has 0 saturated heterocycles. The highest BCUT2D eigenvalue weighted by atomic mass is 35.5. The van der Waals surface area contributed by atoms with Crippen LogP contribution >= 0.6 is 11.6 Å². The number of rotatable bonds is 4. The van der Waals surface area contributed by atoms with E-state index < -0.39 is 6.10 Å². The number of aliphatic hydroxyl groups excluding tert-OH is 1. The fourth-order valence-electron chi connectivity index (χ4n) is 2.16. The van der Waals surface area contributed by atoms with Crippen LogP contribution in [0.2, 0.25) is 5.02 Å². The molecule has 0 aliphatic rings. The maximum absolute atomic E-state index is 10.2. The Morgan fingerprint density at radius 3 is 2.59 bits per heavy atom. The quantitative estimate of drug-likeness (QED) is 0.866. The van der Waals surface area contributed by atoms with Gasteiger partial charge in [0, 0.05) is 5.39 Å². The van der Waals surface area contributed by atoms with Crippen LogP contribution in [0, 0.1) is 5.92 Å². The molecule has 0 radical (unpaired) electrons. The SMILES string of the molecule is CCC(CC)C(O)c1cc2cccc(Cl)c2o1. The Morgan fingerprint density at radius 1 is 1.29 bits per heavy atom. The minimum atomic E-state index is -0.548. The normalized spacial score (nSPS) is 13.5. The van der Waals surface area contributed by atoms with Crippen molar-refractivity contribution in [3.8, 4) is 0 Å². The summed E-state index contributed by atoms with van der Waals surface area (Å²) in [6.45, 7) is 4.15. The predicted molar refractivity (Wildman–Crippen MR) is 70.3 cm³/mol. The maximum atomic E-state index is 10.2. The van der Waals surface area contributed by atoms with Gasteiger partial charge in [0.2, 0.25) is 0 Å². The van der Waals surface area contributed by atoms with Gasteiger partial charge in [-0.3, -0.25) is 0 Å². The van der Waals surface area contributed by atoms with E-state index >= 15 is 0 Å². The molecule has 17 heavy (non-hydrogen) atoms. The number of fused-ring (bicyclic) bond motifs is 1. The Morgan fingerprint density at radius 2 is 2.00 bits per heavy atom. The summed E-state index contributed by atoms with van der Waals surface area (Å²) in [5.74, 6) is 0.844. The molecule has 0 spiro atoms. The van der Waals surface area contributed by atoms with Crippen molar-refractivity contribution in [3.63, 3.8) is 0 Å². The maximum Gasteiger partial charge on any atom is 0.152 e. The van der Waals surface area contributed by atoms with Crippen LogP contribution in [0.4, 0.5) is 0 Å². The van der Waals surface area contributed by atoms with E-state index in [1.165, 1.54) is 0 Å². The number of hydrogen-bond donors (Lipinski definition) is 1. The molecule has 3 heteroatoms. The van der Waals surface area contributed by atoms with Crippen molar-refractivity contribution >= 4 is 22.6 Å². The predicted octanol–water partition coefficient (Wildman–Crippen LogP) is 4.56. The highest BCUT2D eigenvalue weighted by Gasteiger charge is 2.21. The molecule has 1 aromatic heterocycles. The third-order valence-corrected chi connectivity index (χ3v) is 3.60. The van der Waals surface area contributed by atoms with Gasteiger partial charge in [0.15, 0.2) is 5.58 Å². The van der Waals surface area contributed by atoms with Crippen LogP contribution in [0.3, 0.4) is 0 Å². The average Bonchev–Trinajstić information content (AvgIpc) is 2.76. The first-order valence-electron chi connectivity index (χ1n) is 6.03. The van der Waals surface area contributed by atoms with Crippen LogP contribution in [-0.2, 0) is 0 Å². The van der Waals surface area contributed by atoms with Crippen LogP contribution in [0.1, 0.15) is 38.6 Å². The smallest absolute Gasteiger partial charge is 0.152 e. The Hall–Kier alpha value is -0.990. The van der Waals surface area contributed by atoms with Gasteiger partial charge in [0.05, 0.1) is 5.02 Å². The summed E-state index contributed by atoms with van der Waals surface area (Å²) in [4.78, 5) is 0. The monoisotopic (exact) mass is 252 g/mol. The summed E-state index contributed by atoms with van der Waals surface area (Å²) in [6.07, 6.45) is 1.32. The van der Waals surface area contributed by atoms with Gasteiger partial charge in [-0.1, -0.05) is 50.4 Å². The second-order valence-corrected chi connectivity index (χ2v) is 4.74. The van der Waals surface area contributed by atoms with Gasteiger partial charge in [0.25, 0.3) is 0 Å². The standard InChI is InChI=1S/C14H17ClO2/c1-3-9(4-2)13(16)12-8-10-6-5-7-11(15)14(10)17-12/h5-9,13,16H,3-4H2,1-2H3. The fraction of sp³-hybridized carbons (Fsp3) is 0.429. The minimum absolute atomic E-state index is 0.231. The minimum Gasteiger partial charge on any atom is -0.457 e. The van der Waals surface area contributed by atoms with E-state index in [0.717, 1.165) is 18.2 Å². The number of aliphatic hydroxyl groups is 1. The van der Waals surface area contributed by atoms with Crippen molar-refractivity contribution in [1.82, 2.24) is 0 Å². The lowest BCUT2D eigenvalue weighted by atomic mass is 9.95. The lowest BCUT2D eigenvalue weighted by molar-refractivity contribution is 0.0831. The molecular formula is C14H17ClO2. The molecule has 2 aromatic rings. The summed E-state index contributed by atoms with van der Waals surface area (Å²) in [6, 6.07) is 7.49. The molecule has 92 valence electrons. The molecule has 0 amide bonds. The molecule has 0 saturated carbocycles. The van der Waals surface area contributed by atoms with Crippen LogP contribution in [0.25, 0.3) is 11.0 Å². The van der Waals surface area contributed by atoms with E-state index in [1.54, 1.807) is 6.07 Å². The van der Waals surface area contributed by atoms with Gasteiger partial charge in [0.1, 0.15) is 11.9 Å². The zero-order valence-corrected chi connectivity index (χ0v) is 10.9. The number of hydrogen-bond acceptors (Lipinski definition) is 2. The third kappa shape index (κ3) is 2.33. The van der Waals surface area contributed by atoms with E-state index in [-0.39, 0.29) is 5.92 Å². The van der Waals surface area contributed by atoms with Crippen molar-refractivity contribution in [3.05, 3.63) is 35.0 Å². The van der Waals surface area contributed by atoms with Gasteiger partial charge in [-0.05, 0) is 18.1 Å². The van der Waals surface area contributed by atoms with E-state index in [0.29, 0.717) is 16.4 Å². The van der Waals surface area contributed by atoms with Gasteiger partial charge in [-0.15, -0.1) is 0 Å². The first kappa shape index (κ1) is 12.5. The molecule has 1 unspecified atom stereocenters. The average molecular weight is 253 g/mol. The van der Waals surface area contributed by atoms with Crippen LogP contribution in [0.5, 0.6) is 0 Å². The fourth-order valence-corrected chi connectivity index (χ4v) is 2.38. The molecule has 2 rings (SSSR count). The summed E-state index contributed by atoms with van der Waals surface area (Å²) >= 11 is 6.05. The summed E-state index contributed by atoms with van der Waals surface area (Å²) < 4.78 is 5.66. The van der Waals surface area contributed by atoms with Crippen molar-refractivity contribution in [2.24, 2.45) is 5.92 Å². The van der Waals surface area contributed by atoms with Crippen molar-refractivity contribution in [2.45, 2.75) is 32.8 Å². The summed E-state index contributed by atoms with van der Waals surface area (Å²) in [7, 11) is 0. The molecular weight excluding hydrogens is 236 g/mol. The first-order chi connectivity index (χ1) is 8.17. The second-order valence-electron chi connectivity index (χ2n) is 4.33. The van der Waals surface area contributed by atoms with Gasteiger partial charge >= 0.3 is 0 Å². The third-order valence-electron chi connectivity index (χ3n) is 3.30. The molecule has 0 bridgehead atoms. The topological polar surface area (TPSA) is 33.4 Å². The Labute approximate surface area is 106 Å². The Kier molecular flexibility index (Phi) is 3.75. The molecule has 2 nitrogen and oxygen atoms in total. The lowest BCUT2D eigenvalue weighted by Gasteiger charge is -2.17. The molecule has 1 heterocycles. The second kappa shape index (κ2) is 5.11.